The van der Waals surface area contributed by atoms with Gasteiger partial charge in [-0.1, -0.05) is 0 Å². The second kappa shape index (κ2) is 6.15. The predicted molar refractivity (Wildman–Crippen MR) is 89.0 cm³/mol. The Labute approximate surface area is 138 Å². The van der Waals surface area contributed by atoms with Gasteiger partial charge in [-0.25, -0.2) is 9.97 Å². The first kappa shape index (κ1) is 15.7. The molecule has 0 bridgehead atoms. The maximum Gasteiger partial charge on any atom is 0.244 e. The van der Waals surface area contributed by atoms with Gasteiger partial charge < -0.3 is 20.3 Å². The van der Waals surface area contributed by atoms with Crippen LogP contribution in [0.15, 0.2) is 24.4 Å². The molecule has 0 aliphatic rings. The quantitative estimate of drug-likeness (QED) is 0.749. The van der Waals surface area contributed by atoms with E-state index >= 15 is 0 Å². The molecule has 8 heteroatoms. The van der Waals surface area contributed by atoms with Crippen LogP contribution in [0.2, 0.25) is 0 Å². The lowest BCUT2D eigenvalue weighted by atomic mass is 10.1. The molecule has 0 aliphatic carbocycles. The zero-order chi connectivity index (χ0) is 17.3. The van der Waals surface area contributed by atoms with Crippen LogP contribution in [0, 0.1) is 0 Å². The summed E-state index contributed by atoms with van der Waals surface area (Å²) in [6, 6.07) is 5.44. The van der Waals surface area contributed by atoms with Gasteiger partial charge in [0.05, 0.1) is 25.1 Å². The van der Waals surface area contributed by atoms with Crippen LogP contribution in [0.3, 0.4) is 0 Å². The number of methoxy groups -OCH3 is 1. The highest BCUT2D eigenvalue weighted by atomic mass is 16.5. The molecule has 2 aromatic heterocycles. The van der Waals surface area contributed by atoms with Gasteiger partial charge in [0.25, 0.3) is 0 Å². The molecule has 0 unspecified atom stereocenters. The Kier molecular flexibility index (Phi) is 4.03. The molecular weight excluding hydrogens is 310 g/mol. The number of anilines is 1. The number of nitrogen functional groups attached to an aromatic ring is 1. The molecule has 0 radical (unpaired) electrons. The Hall–Kier alpha value is -3.16. The predicted octanol–water partition coefficient (Wildman–Crippen LogP) is 2.17. The topological polar surface area (TPSA) is 116 Å². The van der Waals surface area contributed by atoms with Crippen LogP contribution in [0.1, 0.15) is 13.8 Å². The maximum absolute atomic E-state index is 9.89. The fraction of sp³-hybridized carbons (Fsp3) is 0.250. The highest BCUT2D eigenvalue weighted by Gasteiger charge is 2.13. The Morgan fingerprint density at radius 3 is 2.62 bits per heavy atom. The van der Waals surface area contributed by atoms with E-state index in [1.54, 1.807) is 25.4 Å². The molecular formula is C16H17N5O3. The van der Waals surface area contributed by atoms with Crippen molar-refractivity contribution < 1.29 is 14.6 Å². The summed E-state index contributed by atoms with van der Waals surface area (Å²) in [5.41, 5.74) is 7.20. The first-order valence-electron chi connectivity index (χ1n) is 7.32. The summed E-state index contributed by atoms with van der Waals surface area (Å²) in [6.45, 7) is 3.88. The number of ether oxygens (including phenoxy) is 2. The number of fused-ring (bicyclic) bond motifs is 1. The minimum atomic E-state index is -0.307. The zero-order valence-corrected chi connectivity index (χ0v) is 13.5. The molecule has 0 saturated carbocycles. The molecule has 1 aromatic carbocycles. The number of nitrogens with zero attached hydrogens (tertiary/aromatic N) is 4. The molecule has 3 aromatic rings. The molecule has 0 fully saturated rings. The summed E-state index contributed by atoms with van der Waals surface area (Å²) in [6.07, 6.45) is 1.58. The van der Waals surface area contributed by atoms with Crippen molar-refractivity contribution in [3.8, 4) is 28.6 Å². The van der Waals surface area contributed by atoms with Gasteiger partial charge in [-0.05, 0) is 32.0 Å². The van der Waals surface area contributed by atoms with E-state index in [0.717, 1.165) is 5.56 Å². The van der Waals surface area contributed by atoms with Crippen molar-refractivity contribution in [3.63, 3.8) is 0 Å². The van der Waals surface area contributed by atoms with Gasteiger partial charge in [-0.2, -0.15) is 9.97 Å². The highest BCUT2D eigenvalue weighted by Crippen LogP contribution is 2.33. The van der Waals surface area contributed by atoms with Gasteiger partial charge in [0.15, 0.2) is 22.7 Å². The third kappa shape index (κ3) is 2.98. The molecule has 0 aliphatic heterocycles. The number of benzene rings is 1. The minimum Gasteiger partial charge on any atom is -0.493 e. The van der Waals surface area contributed by atoms with Gasteiger partial charge in [0.1, 0.15) is 0 Å². The summed E-state index contributed by atoms with van der Waals surface area (Å²) in [4.78, 5) is 16.2. The van der Waals surface area contributed by atoms with E-state index in [0.29, 0.717) is 17.2 Å². The van der Waals surface area contributed by atoms with Crippen molar-refractivity contribution in [2.45, 2.75) is 20.0 Å². The van der Waals surface area contributed by atoms with Crippen LogP contribution in [-0.4, -0.2) is 38.3 Å². The van der Waals surface area contributed by atoms with Crippen molar-refractivity contribution in [1.82, 2.24) is 19.9 Å². The van der Waals surface area contributed by atoms with Crippen LogP contribution >= 0.6 is 0 Å². The van der Waals surface area contributed by atoms with E-state index in [9.17, 15) is 5.11 Å². The number of aromatic hydroxyl groups is 1. The van der Waals surface area contributed by atoms with E-state index in [2.05, 4.69) is 19.9 Å². The Bertz CT molecular complexity index is 898. The van der Waals surface area contributed by atoms with Gasteiger partial charge in [0.2, 0.25) is 11.8 Å². The molecule has 8 nitrogen and oxygen atoms in total. The second-order valence-electron chi connectivity index (χ2n) is 5.37. The molecule has 3 rings (SSSR count). The maximum atomic E-state index is 9.89. The fourth-order valence-corrected chi connectivity index (χ4v) is 2.23. The summed E-state index contributed by atoms with van der Waals surface area (Å²) in [7, 11) is 1.57. The molecule has 0 amide bonds. The largest absolute Gasteiger partial charge is 0.493 e. The van der Waals surface area contributed by atoms with E-state index in [-0.39, 0.29) is 29.1 Å². The standard InChI is InChI=1S/C16H17N5O3/c1-8(2)24-11-5-4-9(6-12(11)23-3)10-7-18-14-13(19-10)15(22)21-16(17)20-14/h4-8H,1-3H3,(H3,17,18,20,21,22). The van der Waals surface area contributed by atoms with Crippen LogP contribution in [0.25, 0.3) is 22.4 Å². The first-order chi connectivity index (χ1) is 11.5. The smallest absolute Gasteiger partial charge is 0.244 e. The molecule has 24 heavy (non-hydrogen) atoms. The molecule has 0 spiro atoms. The fourth-order valence-electron chi connectivity index (χ4n) is 2.23. The average Bonchev–Trinajstić information content (AvgIpc) is 2.54. The summed E-state index contributed by atoms with van der Waals surface area (Å²) in [5.74, 6) is 0.863. The summed E-state index contributed by atoms with van der Waals surface area (Å²) in [5, 5.41) is 9.89. The van der Waals surface area contributed by atoms with Crippen LogP contribution in [-0.2, 0) is 0 Å². The number of hydrogen-bond acceptors (Lipinski definition) is 8. The number of aromatic nitrogens is 4. The Morgan fingerprint density at radius 1 is 1.12 bits per heavy atom. The third-order valence-corrected chi connectivity index (χ3v) is 3.23. The molecule has 0 saturated heterocycles. The molecule has 0 atom stereocenters. The van der Waals surface area contributed by atoms with Gasteiger partial charge >= 0.3 is 0 Å². The van der Waals surface area contributed by atoms with Gasteiger partial charge in [0, 0.05) is 5.56 Å². The number of rotatable bonds is 4. The van der Waals surface area contributed by atoms with Crippen LogP contribution in [0.5, 0.6) is 17.4 Å². The third-order valence-electron chi connectivity index (χ3n) is 3.23. The number of nitrogens with two attached hydrogens (primary N) is 1. The van der Waals surface area contributed by atoms with Crippen molar-refractivity contribution in [1.29, 1.82) is 0 Å². The SMILES string of the molecule is COc1cc(-c2cnc3nc(N)nc(O)c3n2)ccc1OC(C)C. The average molecular weight is 327 g/mol. The van der Waals surface area contributed by atoms with Gasteiger partial charge in [-0.15, -0.1) is 0 Å². The van der Waals surface area contributed by atoms with E-state index in [1.165, 1.54) is 0 Å². The highest BCUT2D eigenvalue weighted by molar-refractivity contribution is 5.79. The lowest BCUT2D eigenvalue weighted by molar-refractivity contribution is 0.230. The van der Waals surface area contributed by atoms with Crippen molar-refractivity contribution in [3.05, 3.63) is 24.4 Å². The first-order valence-corrected chi connectivity index (χ1v) is 7.32. The molecule has 124 valence electrons. The van der Waals surface area contributed by atoms with E-state index in [1.807, 2.05) is 19.9 Å². The van der Waals surface area contributed by atoms with Gasteiger partial charge in [-0.3, -0.25) is 0 Å². The Morgan fingerprint density at radius 2 is 1.92 bits per heavy atom. The van der Waals surface area contributed by atoms with E-state index < -0.39 is 0 Å². The van der Waals surface area contributed by atoms with Crippen molar-refractivity contribution >= 4 is 17.1 Å². The lowest BCUT2D eigenvalue weighted by Crippen LogP contribution is -2.06. The number of hydrogen-bond donors (Lipinski definition) is 2. The summed E-state index contributed by atoms with van der Waals surface area (Å²) >= 11 is 0. The van der Waals surface area contributed by atoms with Crippen molar-refractivity contribution in [2.24, 2.45) is 0 Å². The zero-order valence-electron chi connectivity index (χ0n) is 13.5. The summed E-state index contributed by atoms with van der Waals surface area (Å²) < 4.78 is 11.1. The van der Waals surface area contributed by atoms with Crippen molar-refractivity contribution in [2.75, 3.05) is 12.8 Å². The minimum absolute atomic E-state index is 0.0322. The normalized spacial score (nSPS) is 11.0. The van der Waals surface area contributed by atoms with Crippen LogP contribution in [0.4, 0.5) is 5.95 Å². The van der Waals surface area contributed by atoms with Crippen LogP contribution < -0.4 is 15.2 Å². The molecule has 3 N–H and O–H groups in total. The lowest BCUT2D eigenvalue weighted by Gasteiger charge is -2.14. The van der Waals surface area contributed by atoms with E-state index in [4.69, 9.17) is 15.2 Å². The second-order valence-corrected chi connectivity index (χ2v) is 5.37. The Balaban J connectivity index is 2.07. The molecule has 2 heterocycles. The monoisotopic (exact) mass is 327 g/mol.